The Balaban J connectivity index is 2.02. The number of thiophene rings is 1. The van der Waals surface area contributed by atoms with Crippen LogP contribution in [0.5, 0.6) is 0 Å². The van der Waals surface area contributed by atoms with Gasteiger partial charge in [-0.1, -0.05) is 32.9 Å². The van der Waals surface area contributed by atoms with Gasteiger partial charge in [0.25, 0.3) is 5.91 Å². The third-order valence-corrected chi connectivity index (χ3v) is 5.55. The second-order valence-corrected chi connectivity index (χ2v) is 8.01. The molecule has 2 N–H and O–H groups in total. The maximum absolute atomic E-state index is 12.7. The molecular formula is C20H20N2O4S. The van der Waals surface area contributed by atoms with Crippen LogP contribution in [0.25, 0.3) is 10.9 Å². The van der Waals surface area contributed by atoms with Crippen LogP contribution in [-0.2, 0) is 10.2 Å². The Bertz CT molecular complexity index is 1090. The van der Waals surface area contributed by atoms with Gasteiger partial charge in [-0.25, -0.2) is 4.79 Å². The third-order valence-electron chi connectivity index (χ3n) is 4.14. The summed E-state index contributed by atoms with van der Waals surface area (Å²) >= 11 is 1.37. The predicted molar refractivity (Wildman–Crippen MR) is 107 cm³/mol. The molecule has 0 bridgehead atoms. The molecule has 6 nitrogen and oxygen atoms in total. The van der Waals surface area contributed by atoms with Crippen LogP contribution >= 0.6 is 11.3 Å². The summed E-state index contributed by atoms with van der Waals surface area (Å²) in [5, 5.41) is 4.81. The summed E-state index contributed by atoms with van der Waals surface area (Å²) in [6.45, 7) is 5.93. The summed E-state index contributed by atoms with van der Waals surface area (Å²) in [5.41, 5.74) is 0.632. The van der Waals surface area contributed by atoms with E-state index in [0.717, 1.165) is 4.88 Å². The monoisotopic (exact) mass is 384 g/mol. The van der Waals surface area contributed by atoms with Crippen molar-refractivity contribution in [2.24, 2.45) is 0 Å². The van der Waals surface area contributed by atoms with Crippen molar-refractivity contribution >= 4 is 39.8 Å². The van der Waals surface area contributed by atoms with Crippen molar-refractivity contribution in [3.63, 3.8) is 0 Å². The first kappa shape index (κ1) is 18.8. The van der Waals surface area contributed by atoms with E-state index in [9.17, 15) is 14.4 Å². The molecule has 0 aliphatic carbocycles. The molecule has 0 atom stereocenters. The maximum atomic E-state index is 12.7. The molecule has 3 aromatic rings. The highest BCUT2D eigenvalue weighted by atomic mass is 32.1. The van der Waals surface area contributed by atoms with Gasteiger partial charge >= 0.3 is 5.97 Å². The molecule has 1 amide bonds. The summed E-state index contributed by atoms with van der Waals surface area (Å²) in [4.78, 5) is 41.4. The molecule has 27 heavy (non-hydrogen) atoms. The zero-order valence-electron chi connectivity index (χ0n) is 15.5. The highest BCUT2D eigenvalue weighted by molar-refractivity contribution is 7.11. The van der Waals surface area contributed by atoms with Gasteiger partial charge in [-0.05, 0) is 17.5 Å². The molecule has 0 spiro atoms. The third kappa shape index (κ3) is 3.50. The van der Waals surface area contributed by atoms with Crippen molar-refractivity contribution in [1.82, 2.24) is 4.98 Å². The van der Waals surface area contributed by atoms with Crippen molar-refractivity contribution in [3.8, 4) is 0 Å². The fraction of sp³-hybridized carbons (Fsp3) is 0.250. The van der Waals surface area contributed by atoms with Gasteiger partial charge in [0.1, 0.15) is 5.56 Å². The molecule has 0 saturated heterocycles. The number of carbonyl (C=O) groups excluding carboxylic acids is 2. The van der Waals surface area contributed by atoms with Gasteiger partial charge in [0.2, 0.25) is 5.43 Å². The Morgan fingerprint density at radius 1 is 1.19 bits per heavy atom. The van der Waals surface area contributed by atoms with Gasteiger partial charge in [-0.2, -0.15) is 0 Å². The Morgan fingerprint density at radius 2 is 1.89 bits per heavy atom. The van der Waals surface area contributed by atoms with E-state index in [-0.39, 0.29) is 16.4 Å². The summed E-state index contributed by atoms with van der Waals surface area (Å²) in [6, 6.07) is 6.97. The lowest BCUT2D eigenvalue weighted by Crippen LogP contribution is -2.23. The number of hydrogen-bond donors (Lipinski definition) is 2. The lowest BCUT2D eigenvalue weighted by Gasteiger charge is -2.18. The maximum Gasteiger partial charge on any atom is 0.341 e. The number of benzene rings is 1. The molecule has 2 aromatic heterocycles. The van der Waals surface area contributed by atoms with Gasteiger partial charge in [-0.3, -0.25) is 9.59 Å². The number of anilines is 1. The van der Waals surface area contributed by atoms with Gasteiger partial charge in [-0.15, -0.1) is 11.3 Å². The zero-order valence-corrected chi connectivity index (χ0v) is 16.3. The normalized spacial score (nSPS) is 11.4. The number of ether oxygens (including phenoxy) is 1. The lowest BCUT2D eigenvalue weighted by atomic mass is 9.91. The van der Waals surface area contributed by atoms with E-state index in [4.69, 9.17) is 4.74 Å². The van der Waals surface area contributed by atoms with Gasteiger partial charge in [0, 0.05) is 27.4 Å². The number of H-pyrrole nitrogens is 1. The van der Waals surface area contributed by atoms with Crippen LogP contribution in [0.3, 0.4) is 0 Å². The molecule has 0 fully saturated rings. The average Bonchev–Trinajstić information content (AvgIpc) is 3.05. The van der Waals surface area contributed by atoms with Crippen molar-refractivity contribution in [2.45, 2.75) is 26.2 Å². The minimum Gasteiger partial charge on any atom is -0.465 e. The number of aromatic nitrogens is 1. The van der Waals surface area contributed by atoms with Crippen LogP contribution in [0.2, 0.25) is 0 Å². The number of pyridine rings is 1. The molecule has 140 valence electrons. The smallest absolute Gasteiger partial charge is 0.341 e. The van der Waals surface area contributed by atoms with Gasteiger partial charge < -0.3 is 15.0 Å². The summed E-state index contributed by atoms with van der Waals surface area (Å²) in [5.74, 6) is -1.10. The average molecular weight is 384 g/mol. The van der Waals surface area contributed by atoms with Crippen LogP contribution < -0.4 is 10.7 Å². The number of amides is 1. The number of carbonyl (C=O) groups is 2. The van der Waals surface area contributed by atoms with Crippen LogP contribution in [0.4, 0.5) is 5.69 Å². The van der Waals surface area contributed by atoms with E-state index in [1.165, 1.54) is 24.6 Å². The molecule has 1 aromatic carbocycles. The van der Waals surface area contributed by atoms with E-state index in [0.29, 0.717) is 22.2 Å². The number of para-hydroxylation sites is 1. The van der Waals surface area contributed by atoms with Crippen molar-refractivity contribution in [3.05, 3.63) is 62.1 Å². The number of esters is 1. The van der Waals surface area contributed by atoms with Crippen LogP contribution in [0.1, 0.15) is 46.4 Å². The van der Waals surface area contributed by atoms with Crippen LogP contribution in [0.15, 0.2) is 40.6 Å². The Morgan fingerprint density at radius 3 is 2.56 bits per heavy atom. The van der Waals surface area contributed by atoms with E-state index in [1.807, 2.05) is 20.8 Å². The number of rotatable bonds is 3. The molecule has 0 aliphatic rings. The number of nitrogens with one attached hydrogen (secondary N) is 2. The molecular weight excluding hydrogens is 364 g/mol. The Labute approximate surface area is 160 Å². The molecule has 0 unspecified atom stereocenters. The first-order chi connectivity index (χ1) is 12.7. The highest BCUT2D eigenvalue weighted by Gasteiger charge is 2.28. The fourth-order valence-corrected chi connectivity index (χ4v) is 3.91. The van der Waals surface area contributed by atoms with Crippen LogP contribution in [-0.4, -0.2) is 24.0 Å². The molecule has 0 aliphatic heterocycles. The molecule has 2 heterocycles. The van der Waals surface area contributed by atoms with E-state index in [1.54, 1.807) is 29.6 Å². The van der Waals surface area contributed by atoms with E-state index < -0.39 is 11.9 Å². The number of hydrogen-bond acceptors (Lipinski definition) is 5. The second kappa shape index (κ2) is 7.00. The fourth-order valence-electron chi connectivity index (χ4n) is 2.83. The number of aromatic amines is 1. The van der Waals surface area contributed by atoms with E-state index >= 15 is 0 Å². The quantitative estimate of drug-likeness (QED) is 0.670. The summed E-state index contributed by atoms with van der Waals surface area (Å²) in [6.07, 6.45) is 1.38. The van der Waals surface area contributed by atoms with E-state index in [2.05, 4.69) is 10.3 Å². The lowest BCUT2D eigenvalue weighted by molar-refractivity contribution is 0.0600. The molecule has 3 rings (SSSR count). The van der Waals surface area contributed by atoms with Gasteiger partial charge in [0.05, 0.1) is 18.4 Å². The molecule has 7 heteroatoms. The van der Waals surface area contributed by atoms with Gasteiger partial charge in [0.15, 0.2) is 0 Å². The molecule has 0 radical (unpaired) electrons. The summed E-state index contributed by atoms with van der Waals surface area (Å²) in [7, 11) is 1.30. The minimum atomic E-state index is -0.578. The largest absolute Gasteiger partial charge is 0.465 e. The van der Waals surface area contributed by atoms with Crippen LogP contribution in [0, 0.1) is 0 Å². The minimum absolute atomic E-state index is 0.0203. The first-order valence-corrected chi connectivity index (χ1v) is 9.24. The SMILES string of the molecule is COC(=O)c1c(NC(=O)c2c[nH]c3ccccc3c2=O)csc1C(C)(C)C. The Hall–Kier alpha value is -2.93. The standard InChI is InChI=1S/C20H20N2O4S/c1-20(2,3)17-15(19(25)26-4)14(10-27-17)22-18(24)12-9-21-13-8-6-5-7-11(13)16(12)23/h5-10H,1-4H3,(H,21,23)(H,22,24). The first-order valence-electron chi connectivity index (χ1n) is 8.36. The highest BCUT2D eigenvalue weighted by Crippen LogP contribution is 2.37. The van der Waals surface area contributed by atoms with Crippen molar-refractivity contribution in [2.75, 3.05) is 12.4 Å². The topological polar surface area (TPSA) is 88.3 Å². The molecule has 0 saturated carbocycles. The zero-order chi connectivity index (χ0) is 19.8. The predicted octanol–water partition coefficient (Wildman–Crippen LogP) is 3.93. The number of methoxy groups -OCH3 is 1. The second-order valence-electron chi connectivity index (χ2n) is 7.13. The van der Waals surface area contributed by atoms with Crippen molar-refractivity contribution < 1.29 is 14.3 Å². The Kier molecular flexibility index (Phi) is 4.89. The number of fused-ring (bicyclic) bond motifs is 1. The van der Waals surface area contributed by atoms with Crippen molar-refractivity contribution in [1.29, 1.82) is 0 Å². The summed E-state index contributed by atoms with van der Waals surface area (Å²) < 4.78 is 4.89.